The second kappa shape index (κ2) is 5.16. The molecule has 0 radical (unpaired) electrons. The van der Waals surface area contributed by atoms with E-state index in [0.717, 1.165) is 13.0 Å². The number of hydrogen-bond acceptors (Lipinski definition) is 2. The number of likely N-dealkylation sites (N-methyl/N-ethyl adjacent to an activating group) is 1. The zero-order valence-corrected chi connectivity index (χ0v) is 12.9. The fourth-order valence-corrected chi connectivity index (χ4v) is 3.73. The molecule has 1 atom stereocenters. The number of anilines is 1. The summed E-state index contributed by atoms with van der Waals surface area (Å²) in [6.07, 6.45) is 4.84. The molecule has 0 bridgehead atoms. The van der Waals surface area contributed by atoms with Crippen LogP contribution >= 0.6 is 0 Å². The van der Waals surface area contributed by atoms with E-state index in [-0.39, 0.29) is 11.0 Å². The van der Waals surface area contributed by atoms with Gasteiger partial charge in [-0.25, -0.2) is 0 Å². The van der Waals surface area contributed by atoms with E-state index in [0.29, 0.717) is 0 Å². The lowest BCUT2D eigenvalue weighted by atomic mass is 9.73. The third-order valence-electron chi connectivity index (χ3n) is 5.36. The van der Waals surface area contributed by atoms with Crippen molar-refractivity contribution in [3.8, 4) is 0 Å². The maximum Gasteiger partial charge on any atom is 0.0571 e. The van der Waals surface area contributed by atoms with Crippen molar-refractivity contribution in [3.05, 3.63) is 29.8 Å². The SMILES string of the molecule is CCc1ccc(N(C)C2(CN)CCCC2(C)C)cc1. The highest BCUT2D eigenvalue weighted by Gasteiger charge is 2.50. The highest BCUT2D eigenvalue weighted by atomic mass is 15.2. The molecule has 0 spiro atoms. The molecule has 0 aliphatic heterocycles. The van der Waals surface area contributed by atoms with Crippen LogP contribution in [0, 0.1) is 5.41 Å². The van der Waals surface area contributed by atoms with E-state index >= 15 is 0 Å². The first-order chi connectivity index (χ1) is 8.97. The van der Waals surface area contributed by atoms with Crippen molar-refractivity contribution in [2.24, 2.45) is 11.1 Å². The zero-order chi connectivity index (χ0) is 14.1. The molecule has 1 aromatic rings. The van der Waals surface area contributed by atoms with Gasteiger partial charge in [0.25, 0.3) is 0 Å². The Labute approximate surface area is 118 Å². The predicted octanol–water partition coefficient (Wildman–Crippen LogP) is 3.59. The lowest BCUT2D eigenvalue weighted by molar-refractivity contribution is 0.207. The molecule has 2 rings (SSSR count). The largest absolute Gasteiger partial charge is 0.367 e. The van der Waals surface area contributed by atoms with Gasteiger partial charge in [-0.15, -0.1) is 0 Å². The summed E-state index contributed by atoms with van der Waals surface area (Å²) in [7, 11) is 2.21. The van der Waals surface area contributed by atoms with Crippen molar-refractivity contribution in [2.45, 2.75) is 52.0 Å². The first-order valence-corrected chi connectivity index (χ1v) is 7.50. The van der Waals surface area contributed by atoms with Crippen LogP contribution in [0.4, 0.5) is 5.69 Å². The van der Waals surface area contributed by atoms with Crippen molar-refractivity contribution in [3.63, 3.8) is 0 Å². The van der Waals surface area contributed by atoms with Gasteiger partial charge in [-0.1, -0.05) is 39.3 Å². The Hall–Kier alpha value is -1.02. The van der Waals surface area contributed by atoms with Gasteiger partial charge in [0.15, 0.2) is 0 Å². The Morgan fingerprint density at radius 2 is 1.79 bits per heavy atom. The molecule has 0 heterocycles. The molecule has 0 aromatic heterocycles. The van der Waals surface area contributed by atoms with E-state index < -0.39 is 0 Å². The van der Waals surface area contributed by atoms with Crippen molar-refractivity contribution < 1.29 is 0 Å². The molecule has 1 saturated carbocycles. The molecule has 2 heteroatoms. The zero-order valence-electron chi connectivity index (χ0n) is 12.9. The molecular formula is C17H28N2. The molecule has 1 fully saturated rings. The molecular weight excluding hydrogens is 232 g/mol. The van der Waals surface area contributed by atoms with Gasteiger partial charge in [0.2, 0.25) is 0 Å². The number of rotatable bonds is 4. The monoisotopic (exact) mass is 260 g/mol. The lowest BCUT2D eigenvalue weighted by Crippen LogP contribution is -2.58. The molecule has 1 unspecified atom stereocenters. The molecule has 0 amide bonds. The fourth-order valence-electron chi connectivity index (χ4n) is 3.73. The van der Waals surface area contributed by atoms with Crippen LogP contribution in [0.1, 0.15) is 45.6 Å². The number of benzene rings is 1. The van der Waals surface area contributed by atoms with Gasteiger partial charge in [-0.3, -0.25) is 0 Å². The minimum atomic E-state index is 0.0979. The lowest BCUT2D eigenvalue weighted by Gasteiger charge is -2.49. The first-order valence-electron chi connectivity index (χ1n) is 7.50. The summed E-state index contributed by atoms with van der Waals surface area (Å²) in [5.41, 5.74) is 9.26. The van der Waals surface area contributed by atoms with Crippen LogP contribution in [-0.4, -0.2) is 19.1 Å². The molecule has 1 aromatic carbocycles. The second-order valence-electron chi connectivity index (χ2n) is 6.55. The smallest absolute Gasteiger partial charge is 0.0571 e. The topological polar surface area (TPSA) is 29.3 Å². The fraction of sp³-hybridized carbons (Fsp3) is 0.647. The van der Waals surface area contributed by atoms with Gasteiger partial charge in [-0.05, 0) is 42.4 Å². The summed E-state index contributed by atoms with van der Waals surface area (Å²) < 4.78 is 0. The molecule has 19 heavy (non-hydrogen) atoms. The van der Waals surface area contributed by atoms with Crippen LogP contribution in [0.15, 0.2) is 24.3 Å². The third-order valence-corrected chi connectivity index (χ3v) is 5.36. The standard InChI is InChI=1S/C17H28N2/c1-5-14-7-9-15(10-8-14)19(4)17(13-18)12-6-11-16(17,2)3/h7-10H,5-6,11-13,18H2,1-4H3. The number of hydrogen-bond donors (Lipinski definition) is 1. The van der Waals surface area contributed by atoms with Crippen LogP contribution in [0.25, 0.3) is 0 Å². The first kappa shape index (κ1) is 14.4. The second-order valence-corrected chi connectivity index (χ2v) is 6.55. The quantitative estimate of drug-likeness (QED) is 0.896. The highest BCUT2D eigenvalue weighted by Crippen LogP contribution is 2.49. The van der Waals surface area contributed by atoms with E-state index in [4.69, 9.17) is 5.73 Å². The summed E-state index contributed by atoms with van der Waals surface area (Å²) in [5, 5.41) is 0. The Morgan fingerprint density at radius 3 is 2.21 bits per heavy atom. The van der Waals surface area contributed by atoms with Gasteiger partial charge in [0.05, 0.1) is 5.54 Å². The molecule has 2 N–H and O–H groups in total. The number of nitrogens with two attached hydrogens (primary N) is 1. The van der Waals surface area contributed by atoms with Crippen LogP contribution in [-0.2, 0) is 6.42 Å². The minimum absolute atomic E-state index is 0.0979. The third kappa shape index (κ3) is 2.27. The Morgan fingerprint density at radius 1 is 1.16 bits per heavy atom. The van der Waals surface area contributed by atoms with E-state index in [1.807, 2.05) is 0 Å². The van der Waals surface area contributed by atoms with Crippen molar-refractivity contribution in [1.29, 1.82) is 0 Å². The van der Waals surface area contributed by atoms with Crippen LogP contribution in [0.5, 0.6) is 0 Å². The van der Waals surface area contributed by atoms with Crippen LogP contribution < -0.4 is 10.6 Å². The normalized spacial score (nSPS) is 25.5. The van der Waals surface area contributed by atoms with Gasteiger partial charge in [-0.2, -0.15) is 0 Å². The predicted molar refractivity (Wildman–Crippen MR) is 83.6 cm³/mol. The van der Waals surface area contributed by atoms with Gasteiger partial charge in [0.1, 0.15) is 0 Å². The summed E-state index contributed by atoms with van der Waals surface area (Å²) in [6.45, 7) is 7.65. The average molecular weight is 260 g/mol. The summed E-state index contributed by atoms with van der Waals surface area (Å²) >= 11 is 0. The Kier molecular flexibility index (Phi) is 3.91. The van der Waals surface area contributed by atoms with E-state index in [1.54, 1.807) is 0 Å². The Bertz CT molecular complexity index is 421. The molecule has 2 nitrogen and oxygen atoms in total. The maximum absolute atomic E-state index is 6.20. The summed E-state index contributed by atoms with van der Waals surface area (Å²) in [6, 6.07) is 8.95. The van der Waals surface area contributed by atoms with Crippen molar-refractivity contribution in [1.82, 2.24) is 0 Å². The minimum Gasteiger partial charge on any atom is -0.367 e. The van der Waals surface area contributed by atoms with Crippen LogP contribution in [0.3, 0.4) is 0 Å². The number of aryl methyl sites for hydroxylation is 1. The molecule has 1 aliphatic carbocycles. The highest BCUT2D eigenvalue weighted by molar-refractivity contribution is 5.51. The average Bonchev–Trinajstić information content (AvgIpc) is 2.73. The van der Waals surface area contributed by atoms with E-state index in [9.17, 15) is 0 Å². The molecule has 1 aliphatic rings. The number of nitrogens with zero attached hydrogens (tertiary/aromatic N) is 1. The van der Waals surface area contributed by atoms with Gasteiger partial charge < -0.3 is 10.6 Å². The Balaban J connectivity index is 2.32. The maximum atomic E-state index is 6.20. The molecule has 106 valence electrons. The van der Waals surface area contributed by atoms with Gasteiger partial charge >= 0.3 is 0 Å². The van der Waals surface area contributed by atoms with Crippen molar-refractivity contribution in [2.75, 3.05) is 18.5 Å². The summed E-state index contributed by atoms with van der Waals surface area (Å²) in [4.78, 5) is 2.43. The molecule has 0 saturated heterocycles. The van der Waals surface area contributed by atoms with E-state index in [2.05, 4.69) is 57.0 Å². The van der Waals surface area contributed by atoms with Crippen molar-refractivity contribution >= 4 is 5.69 Å². The van der Waals surface area contributed by atoms with E-state index in [1.165, 1.54) is 30.5 Å². The van der Waals surface area contributed by atoms with Crippen LogP contribution in [0.2, 0.25) is 0 Å². The summed E-state index contributed by atoms with van der Waals surface area (Å²) in [5.74, 6) is 0. The van der Waals surface area contributed by atoms with Gasteiger partial charge in [0, 0.05) is 19.3 Å².